The number of aromatic nitrogens is 4. The molecule has 2 N–H and O–H groups in total. The van der Waals surface area contributed by atoms with Gasteiger partial charge in [-0.05, 0) is 51.5 Å². The first-order valence-corrected chi connectivity index (χ1v) is 10.1. The Balaban J connectivity index is 1.41. The van der Waals surface area contributed by atoms with Gasteiger partial charge in [-0.3, -0.25) is 4.98 Å². The highest BCUT2D eigenvalue weighted by atomic mass is 79.9. The lowest BCUT2D eigenvalue weighted by Gasteiger charge is -2.15. The number of fused-ring (bicyclic) bond motifs is 2. The molecule has 1 aliphatic carbocycles. The van der Waals surface area contributed by atoms with E-state index < -0.39 is 0 Å². The molecule has 1 aliphatic rings. The number of pyridine rings is 1. The zero-order chi connectivity index (χ0) is 18.9. The van der Waals surface area contributed by atoms with Crippen LogP contribution < -0.4 is 10.6 Å². The van der Waals surface area contributed by atoms with Gasteiger partial charge in [0.1, 0.15) is 11.6 Å². The first kappa shape index (κ1) is 17.2. The standard InChI is InChI=1S/C21H19BrN6/c22-18-13-25-28-20(24-12-14-4-3-7-23-11-14)10-19(27-21(18)28)26-17-8-15-5-1-2-6-16(15)9-17/h1-7,10-11,13,17,24H,8-9,12H2,(H,26,27). The Labute approximate surface area is 171 Å². The third-order valence-electron chi connectivity index (χ3n) is 5.03. The van der Waals surface area contributed by atoms with Crippen molar-refractivity contribution in [3.8, 4) is 0 Å². The minimum Gasteiger partial charge on any atom is -0.366 e. The van der Waals surface area contributed by atoms with E-state index in [1.54, 1.807) is 12.4 Å². The Morgan fingerprint density at radius 1 is 1.07 bits per heavy atom. The van der Waals surface area contributed by atoms with Crippen LogP contribution in [0, 0.1) is 0 Å². The van der Waals surface area contributed by atoms with Crippen molar-refractivity contribution in [2.24, 2.45) is 0 Å². The van der Waals surface area contributed by atoms with Gasteiger partial charge in [0.15, 0.2) is 5.65 Å². The van der Waals surface area contributed by atoms with Crippen molar-refractivity contribution in [2.75, 3.05) is 10.6 Å². The average Bonchev–Trinajstić information content (AvgIpc) is 3.30. The summed E-state index contributed by atoms with van der Waals surface area (Å²) in [5.74, 6) is 1.73. The van der Waals surface area contributed by atoms with Crippen molar-refractivity contribution in [3.63, 3.8) is 0 Å². The zero-order valence-corrected chi connectivity index (χ0v) is 16.7. The molecule has 0 aliphatic heterocycles. The van der Waals surface area contributed by atoms with Gasteiger partial charge < -0.3 is 10.6 Å². The van der Waals surface area contributed by atoms with Gasteiger partial charge in [0, 0.05) is 31.0 Å². The Bertz CT molecular complexity index is 1100. The van der Waals surface area contributed by atoms with Crippen molar-refractivity contribution in [1.29, 1.82) is 0 Å². The number of anilines is 2. The summed E-state index contributed by atoms with van der Waals surface area (Å²) in [6, 6.07) is 15.0. The zero-order valence-electron chi connectivity index (χ0n) is 15.1. The molecular weight excluding hydrogens is 416 g/mol. The topological polar surface area (TPSA) is 67.1 Å². The van der Waals surface area contributed by atoms with Gasteiger partial charge in [0.05, 0.1) is 10.7 Å². The van der Waals surface area contributed by atoms with Crippen molar-refractivity contribution in [3.05, 3.63) is 82.2 Å². The molecule has 1 aromatic carbocycles. The number of halogens is 1. The smallest absolute Gasteiger partial charge is 0.173 e. The summed E-state index contributed by atoms with van der Waals surface area (Å²) in [7, 11) is 0. The second-order valence-corrected chi connectivity index (χ2v) is 7.84. The predicted octanol–water partition coefficient (Wildman–Crippen LogP) is 4.08. The number of nitrogens with zero attached hydrogens (tertiary/aromatic N) is 4. The van der Waals surface area contributed by atoms with Crippen LogP contribution in [0.25, 0.3) is 5.65 Å². The molecule has 0 radical (unpaired) electrons. The second kappa shape index (κ2) is 7.24. The van der Waals surface area contributed by atoms with Gasteiger partial charge in [-0.25, -0.2) is 4.98 Å². The largest absolute Gasteiger partial charge is 0.366 e. The van der Waals surface area contributed by atoms with Gasteiger partial charge in [0.2, 0.25) is 0 Å². The van der Waals surface area contributed by atoms with Gasteiger partial charge >= 0.3 is 0 Å². The molecule has 0 atom stereocenters. The minimum atomic E-state index is 0.347. The van der Waals surface area contributed by atoms with Crippen LogP contribution in [0.4, 0.5) is 11.6 Å². The molecule has 4 aromatic rings. The van der Waals surface area contributed by atoms with Gasteiger partial charge in [0.25, 0.3) is 0 Å². The lowest BCUT2D eigenvalue weighted by Crippen LogP contribution is -2.21. The minimum absolute atomic E-state index is 0.347. The fourth-order valence-corrected chi connectivity index (χ4v) is 4.05. The highest BCUT2D eigenvalue weighted by molar-refractivity contribution is 9.10. The van der Waals surface area contributed by atoms with Crippen molar-refractivity contribution >= 4 is 33.2 Å². The summed E-state index contributed by atoms with van der Waals surface area (Å²) < 4.78 is 2.69. The summed E-state index contributed by atoms with van der Waals surface area (Å²) in [6.45, 7) is 0.665. The van der Waals surface area contributed by atoms with Crippen LogP contribution in [0.3, 0.4) is 0 Å². The number of hydrogen-bond donors (Lipinski definition) is 2. The van der Waals surface area contributed by atoms with Crippen LogP contribution >= 0.6 is 15.9 Å². The fraction of sp³-hybridized carbons (Fsp3) is 0.190. The SMILES string of the molecule is Brc1cnn2c(NCc3cccnc3)cc(NC3Cc4ccccc4C3)nc12. The second-order valence-electron chi connectivity index (χ2n) is 6.99. The Morgan fingerprint density at radius 3 is 2.64 bits per heavy atom. The lowest BCUT2D eigenvalue weighted by atomic mass is 10.1. The maximum atomic E-state index is 4.77. The van der Waals surface area contributed by atoms with Crippen LogP contribution in [-0.2, 0) is 19.4 Å². The summed E-state index contributed by atoms with van der Waals surface area (Å²) >= 11 is 3.56. The molecule has 0 saturated carbocycles. The van der Waals surface area contributed by atoms with Crippen LogP contribution in [0.2, 0.25) is 0 Å². The Hall–Kier alpha value is -2.93. The number of hydrogen-bond acceptors (Lipinski definition) is 5. The number of benzene rings is 1. The van der Waals surface area contributed by atoms with E-state index in [4.69, 9.17) is 4.98 Å². The summed E-state index contributed by atoms with van der Waals surface area (Å²) in [5.41, 5.74) is 4.73. The quantitative estimate of drug-likeness (QED) is 0.495. The molecule has 0 unspecified atom stereocenters. The Kier molecular flexibility index (Phi) is 4.44. The molecule has 0 spiro atoms. The molecule has 0 amide bonds. The summed E-state index contributed by atoms with van der Waals surface area (Å²) in [6.07, 6.45) is 7.44. The molecule has 7 heteroatoms. The van der Waals surface area contributed by atoms with Crippen LogP contribution in [0.1, 0.15) is 16.7 Å². The fourth-order valence-electron chi connectivity index (χ4n) is 3.70. The molecule has 5 rings (SSSR count). The first-order valence-electron chi connectivity index (χ1n) is 9.26. The van der Waals surface area contributed by atoms with Crippen LogP contribution in [0.15, 0.2) is 65.5 Å². The summed E-state index contributed by atoms with van der Waals surface area (Å²) in [5, 5.41) is 11.5. The number of nitrogens with one attached hydrogen (secondary N) is 2. The molecule has 0 saturated heterocycles. The van der Waals surface area contributed by atoms with E-state index in [1.165, 1.54) is 11.1 Å². The lowest BCUT2D eigenvalue weighted by molar-refractivity contribution is 0.767. The van der Waals surface area contributed by atoms with Gasteiger partial charge in [-0.2, -0.15) is 9.61 Å². The first-order chi connectivity index (χ1) is 13.8. The highest BCUT2D eigenvalue weighted by Crippen LogP contribution is 2.27. The molecule has 28 heavy (non-hydrogen) atoms. The van der Waals surface area contributed by atoms with Crippen LogP contribution in [0.5, 0.6) is 0 Å². The van der Waals surface area contributed by atoms with E-state index >= 15 is 0 Å². The van der Waals surface area contributed by atoms with Crippen molar-refractivity contribution in [2.45, 2.75) is 25.4 Å². The maximum Gasteiger partial charge on any atom is 0.173 e. The van der Waals surface area contributed by atoms with E-state index in [2.05, 4.69) is 60.9 Å². The third kappa shape index (κ3) is 3.33. The molecular formula is C21H19BrN6. The monoisotopic (exact) mass is 434 g/mol. The predicted molar refractivity (Wildman–Crippen MR) is 114 cm³/mol. The van der Waals surface area contributed by atoms with E-state index in [0.717, 1.165) is 40.2 Å². The van der Waals surface area contributed by atoms with Gasteiger partial charge in [-0.1, -0.05) is 30.3 Å². The normalized spacial score (nSPS) is 13.6. The van der Waals surface area contributed by atoms with E-state index in [9.17, 15) is 0 Å². The molecule has 0 bridgehead atoms. The van der Waals surface area contributed by atoms with Gasteiger partial charge in [-0.15, -0.1) is 0 Å². The molecule has 140 valence electrons. The molecule has 6 nitrogen and oxygen atoms in total. The van der Waals surface area contributed by atoms with E-state index in [1.807, 2.05) is 28.9 Å². The third-order valence-corrected chi connectivity index (χ3v) is 5.59. The Morgan fingerprint density at radius 2 is 1.89 bits per heavy atom. The van der Waals surface area contributed by atoms with Crippen molar-refractivity contribution in [1.82, 2.24) is 19.6 Å². The molecule has 3 aromatic heterocycles. The summed E-state index contributed by atoms with van der Waals surface area (Å²) in [4.78, 5) is 8.94. The highest BCUT2D eigenvalue weighted by Gasteiger charge is 2.21. The van der Waals surface area contributed by atoms with E-state index in [-0.39, 0.29) is 0 Å². The van der Waals surface area contributed by atoms with Crippen LogP contribution in [-0.4, -0.2) is 25.6 Å². The van der Waals surface area contributed by atoms with Crippen molar-refractivity contribution < 1.29 is 0 Å². The van der Waals surface area contributed by atoms with E-state index in [0.29, 0.717) is 12.6 Å². The average molecular weight is 435 g/mol. The number of rotatable bonds is 5. The maximum absolute atomic E-state index is 4.77. The molecule has 0 fully saturated rings. The molecule has 3 heterocycles.